The third-order valence-electron chi connectivity index (χ3n) is 4.62. The minimum absolute atomic E-state index is 1.03. The van der Waals surface area contributed by atoms with E-state index in [-0.39, 0.29) is 0 Å². The van der Waals surface area contributed by atoms with Gasteiger partial charge in [0, 0.05) is 16.5 Å². The van der Waals surface area contributed by atoms with Crippen LogP contribution in [0.4, 0.5) is 0 Å². The van der Waals surface area contributed by atoms with Gasteiger partial charge in [0.1, 0.15) is 0 Å². The van der Waals surface area contributed by atoms with Gasteiger partial charge in [-0.3, -0.25) is 0 Å². The summed E-state index contributed by atoms with van der Waals surface area (Å²) in [6.45, 7) is 3.72. The number of hydrogen-bond donors (Lipinski definition) is 0. The Morgan fingerprint density at radius 3 is 2.16 bits per heavy atom. The smallest absolute Gasteiger partial charge is 0.0541 e. The van der Waals surface area contributed by atoms with Crippen LogP contribution in [0.15, 0.2) is 97.6 Å². The first-order valence-corrected chi connectivity index (χ1v) is 8.73. The SMILES string of the molecule is C=C/C=C/CCc1cccc(-n2c3ccccc3c3ccccc32)c1. The van der Waals surface area contributed by atoms with Crippen LogP contribution in [0.3, 0.4) is 0 Å². The van der Waals surface area contributed by atoms with E-state index in [0.717, 1.165) is 12.8 Å². The fourth-order valence-electron chi connectivity index (χ4n) is 3.49. The summed E-state index contributed by atoms with van der Waals surface area (Å²) in [5, 5.41) is 2.61. The zero-order chi connectivity index (χ0) is 17.1. The minimum Gasteiger partial charge on any atom is -0.309 e. The largest absolute Gasteiger partial charge is 0.309 e. The Bertz CT molecular complexity index is 1010. The van der Waals surface area contributed by atoms with E-state index in [0.29, 0.717) is 0 Å². The van der Waals surface area contributed by atoms with Crippen molar-refractivity contribution < 1.29 is 0 Å². The number of allylic oxidation sites excluding steroid dienone is 3. The van der Waals surface area contributed by atoms with Crippen molar-refractivity contribution >= 4 is 21.8 Å². The molecule has 0 amide bonds. The van der Waals surface area contributed by atoms with E-state index >= 15 is 0 Å². The highest BCUT2D eigenvalue weighted by Crippen LogP contribution is 2.31. The molecular formula is C24H21N. The standard InChI is InChI=1S/C24H21N/c1-2-3-4-5-11-19-12-10-13-20(18-19)25-23-16-8-6-14-21(23)22-15-7-9-17-24(22)25/h2-4,6-10,12-18H,1,5,11H2/b4-3+. The van der Waals surface area contributed by atoms with Crippen molar-refractivity contribution in [2.45, 2.75) is 12.8 Å². The number of hydrogen-bond acceptors (Lipinski definition) is 0. The minimum atomic E-state index is 1.03. The fraction of sp³-hybridized carbons (Fsp3) is 0.0833. The first kappa shape index (κ1) is 15.5. The van der Waals surface area contributed by atoms with E-state index in [2.05, 4.69) is 90.0 Å². The Morgan fingerprint density at radius 1 is 0.800 bits per heavy atom. The molecule has 4 rings (SSSR count). The highest BCUT2D eigenvalue weighted by atomic mass is 15.0. The highest BCUT2D eigenvalue weighted by Gasteiger charge is 2.11. The number of aryl methyl sites for hydroxylation is 1. The van der Waals surface area contributed by atoms with Crippen molar-refractivity contribution in [3.05, 3.63) is 103 Å². The molecule has 0 aliphatic heterocycles. The normalized spacial score (nSPS) is 11.5. The summed E-state index contributed by atoms with van der Waals surface area (Å²) in [7, 11) is 0. The van der Waals surface area contributed by atoms with Crippen LogP contribution in [0.1, 0.15) is 12.0 Å². The summed E-state index contributed by atoms with van der Waals surface area (Å²) in [5.41, 5.74) is 5.09. The predicted molar refractivity (Wildman–Crippen MR) is 108 cm³/mol. The maximum Gasteiger partial charge on any atom is 0.0541 e. The molecule has 1 aromatic heterocycles. The third kappa shape index (κ3) is 2.89. The van der Waals surface area contributed by atoms with Crippen LogP contribution < -0.4 is 0 Å². The summed E-state index contributed by atoms with van der Waals surface area (Å²) in [6.07, 6.45) is 8.07. The van der Waals surface area contributed by atoms with E-state index in [1.165, 1.54) is 33.1 Å². The van der Waals surface area contributed by atoms with Crippen molar-refractivity contribution in [2.75, 3.05) is 0 Å². The van der Waals surface area contributed by atoms with E-state index in [4.69, 9.17) is 0 Å². The first-order chi connectivity index (χ1) is 12.4. The lowest BCUT2D eigenvalue weighted by Crippen LogP contribution is -1.95. The molecule has 0 saturated heterocycles. The lowest BCUT2D eigenvalue weighted by atomic mass is 10.1. The van der Waals surface area contributed by atoms with E-state index in [9.17, 15) is 0 Å². The van der Waals surface area contributed by atoms with Crippen molar-refractivity contribution in [2.24, 2.45) is 0 Å². The van der Waals surface area contributed by atoms with Gasteiger partial charge in [-0.2, -0.15) is 0 Å². The van der Waals surface area contributed by atoms with Gasteiger partial charge >= 0.3 is 0 Å². The average Bonchev–Trinajstić information content (AvgIpc) is 3.00. The van der Waals surface area contributed by atoms with Gasteiger partial charge in [0.25, 0.3) is 0 Å². The van der Waals surface area contributed by atoms with Gasteiger partial charge in [0.05, 0.1) is 11.0 Å². The summed E-state index contributed by atoms with van der Waals surface area (Å²) in [5.74, 6) is 0. The molecule has 0 N–H and O–H groups in total. The Balaban J connectivity index is 1.84. The molecule has 0 aliphatic rings. The zero-order valence-corrected chi connectivity index (χ0v) is 14.2. The molecule has 0 aliphatic carbocycles. The number of nitrogens with zero attached hydrogens (tertiary/aromatic N) is 1. The van der Waals surface area contributed by atoms with E-state index in [1.54, 1.807) is 0 Å². The van der Waals surface area contributed by atoms with Gasteiger partial charge in [0.15, 0.2) is 0 Å². The second-order valence-corrected chi connectivity index (χ2v) is 6.24. The number of rotatable bonds is 5. The molecule has 25 heavy (non-hydrogen) atoms. The maximum absolute atomic E-state index is 3.72. The van der Waals surface area contributed by atoms with Gasteiger partial charge in [-0.25, -0.2) is 0 Å². The summed E-state index contributed by atoms with van der Waals surface area (Å²) < 4.78 is 2.37. The Kier molecular flexibility index (Phi) is 4.22. The number of para-hydroxylation sites is 2. The molecule has 4 aromatic rings. The molecule has 0 atom stereocenters. The van der Waals surface area contributed by atoms with Gasteiger partial charge in [0.2, 0.25) is 0 Å². The van der Waals surface area contributed by atoms with E-state index < -0.39 is 0 Å². The lowest BCUT2D eigenvalue weighted by Gasteiger charge is -2.09. The van der Waals surface area contributed by atoms with Crippen LogP contribution in [-0.2, 0) is 6.42 Å². The van der Waals surface area contributed by atoms with Crippen LogP contribution in [0.25, 0.3) is 27.5 Å². The van der Waals surface area contributed by atoms with Crippen molar-refractivity contribution in [1.29, 1.82) is 0 Å². The molecular weight excluding hydrogens is 302 g/mol. The zero-order valence-electron chi connectivity index (χ0n) is 14.2. The molecule has 3 aromatic carbocycles. The second-order valence-electron chi connectivity index (χ2n) is 6.24. The molecule has 0 bridgehead atoms. The van der Waals surface area contributed by atoms with Crippen LogP contribution in [0.5, 0.6) is 0 Å². The van der Waals surface area contributed by atoms with Gasteiger partial charge in [-0.1, -0.05) is 73.3 Å². The second kappa shape index (κ2) is 6.82. The molecule has 122 valence electrons. The van der Waals surface area contributed by atoms with Crippen molar-refractivity contribution in [3.63, 3.8) is 0 Å². The maximum atomic E-state index is 3.72. The first-order valence-electron chi connectivity index (χ1n) is 8.73. The number of aromatic nitrogens is 1. The van der Waals surface area contributed by atoms with Crippen molar-refractivity contribution in [1.82, 2.24) is 4.57 Å². The van der Waals surface area contributed by atoms with Gasteiger partial charge < -0.3 is 4.57 Å². The van der Waals surface area contributed by atoms with Crippen molar-refractivity contribution in [3.8, 4) is 5.69 Å². The molecule has 0 unspecified atom stereocenters. The Hall–Kier alpha value is -3.06. The predicted octanol–water partition coefficient (Wildman–Crippen LogP) is 6.46. The molecule has 1 heterocycles. The molecule has 0 radical (unpaired) electrons. The fourth-order valence-corrected chi connectivity index (χ4v) is 3.49. The van der Waals surface area contributed by atoms with Gasteiger partial charge in [-0.05, 0) is 42.7 Å². The average molecular weight is 323 g/mol. The molecule has 0 spiro atoms. The monoisotopic (exact) mass is 323 g/mol. The van der Waals surface area contributed by atoms with Crippen LogP contribution >= 0.6 is 0 Å². The Morgan fingerprint density at radius 2 is 1.48 bits per heavy atom. The van der Waals surface area contributed by atoms with Crippen LogP contribution in [0.2, 0.25) is 0 Å². The molecule has 0 saturated carbocycles. The number of benzene rings is 3. The van der Waals surface area contributed by atoms with Crippen LogP contribution in [0, 0.1) is 0 Å². The summed E-state index contributed by atoms with van der Waals surface area (Å²) in [4.78, 5) is 0. The quantitative estimate of drug-likeness (QED) is 0.371. The summed E-state index contributed by atoms with van der Waals surface area (Å²) >= 11 is 0. The molecule has 1 nitrogen and oxygen atoms in total. The molecule has 1 heteroatoms. The topological polar surface area (TPSA) is 4.93 Å². The highest BCUT2D eigenvalue weighted by molar-refractivity contribution is 6.09. The number of fused-ring (bicyclic) bond motifs is 3. The Labute approximate surface area is 148 Å². The van der Waals surface area contributed by atoms with E-state index in [1.807, 2.05) is 12.2 Å². The van der Waals surface area contributed by atoms with Gasteiger partial charge in [-0.15, -0.1) is 0 Å². The van der Waals surface area contributed by atoms with Crippen LogP contribution in [-0.4, -0.2) is 4.57 Å². The lowest BCUT2D eigenvalue weighted by molar-refractivity contribution is 0.995. The summed E-state index contributed by atoms with van der Waals surface area (Å²) in [6, 6.07) is 26.1. The third-order valence-corrected chi connectivity index (χ3v) is 4.62. The molecule has 0 fully saturated rings.